The maximum atomic E-state index is 12.2. The molecule has 0 amide bonds. The molecule has 0 bridgehead atoms. The molecule has 0 aromatic heterocycles. The molecule has 5 atom stereocenters. The van der Waals surface area contributed by atoms with Gasteiger partial charge < -0.3 is 14.2 Å². The zero-order valence-electron chi connectivity index (χ0n) is 16.0. The molecule has 140 valence electrons. The highest BCUT2D eigenvalue weighted by atomic mass is 79.9. The zero-order chi connectivity index (χ0) is 18.9. The Hall–Kier alpha value is -0.620. The van der Waals surface area contributed by atoms with Crippen molar-refractivity contribution in [3.05, 3.63) is 0 Å². The number of carbonyl (C=O) groups excluding carboxylic acids is 2. The van der Waals surface area contributed by atoms with Crippen molar-refractivity contribution in [2.45, 2.75) is 72.6 Å². The smallest absolute Gasteiger partial charge is 0.311 e. The lowest BCUT2D eigenvalue weighted by molar-refractivity contribution is -0.193. The second kappa shape index (κ2) is 7.73. The highest BCUT2D eigenvalue weighted by Crippen LogP contribution is 2.36. The molecule has 0 unspecified atom stereocenters. The molecule has 0 spiro atoms. The van der Waals surface area contributed by atoms with Gasteiger partial charge in [-0.15, -0.1) is 0 Å². The number of hydrogen-bond donors (Lipinski definition) is 0. The van der Waals surface area contributed by atoms with Gasteiger partial charge in [-0.1, -0.05) is 29.8 Å². The van der Waals surface area contributed by atoms with Crippen LogP contribution in [0.2, 0.25) is 0 Å². The Balaban J connectivity index is 2.70. The van der Waals surface area contributed by atoms with E-state index < -0.39 is 15.8 Å². The average molecular weight is 407 g/mol. The van der Waals surface area contributed by atoms with Crippen LogP contribution in [-0.4, -0.2) is 35.8 Å². The van der Waals surface area contributed by atoms with Crippen LogP contribution in [0.15, 0.2) is 0 Å². The highest BCUT2D eigenvalue weighted by molar-refractivity contribution is 9.09. The molecule has 0 aromatic rings. The van der Waals surface area contributed by atoms with Crippen LogP contribution in [-0.2, 0) is 23.8 Å². The molecule has 0 saturated carbocycles. The minimum absolute atomic E-state index is 0.0766. The molecule has 24 heavy (non-hydrogen) atoms. The average Bonchev–Trinajstić information content (AvgIpc) is 2.43. The normalized spacial score (nSPS) is 31.5. The van der Waals surface area contributed by atoms with E-state index in [1.165, 1.54) is 0 Å². The molecule has 5 nitrogen and oxygen atoms in total. The maximum Gasteiger partial charge on any atom is 0.311 e. The van der Waals surface area contributed by atoms with Gasteiger partial charge in [-0.3, -0.25) is 9.59 Å². The van der Waals surface area contributed by atoms with E-state index in [2.05, 4.69) is 15.9 Å². The first-order valence-electron chi connectivity index (χ1n) is 8.43. The lowest BCUT2D eigenvalue weighted by Gasteiger charge is -2.42. The van der Waals surface area contributed by atoms with Crippen molar-refractivity contribution in [1.29, 1.82) is 0 Å². The summed E-state index contributed by atoms with van der Waals surface area (Å²) in [5, 5.41) is -0.423. The second-order valence-electron chi connectivity index (χ2n) is 8.71. The molecule has 0 radical (unpaired) electrons. The van der Waals surface area contributed by atoms with Gasteiger partial charge in [0.2, 0.25) is 0 Å². The Morgan fingerprint density at radius 2 is 1.46 bits per heavy atom. The van der Waals surface area contributed by atoms with Crippen LogP contribution in [0.4, 0.5) is 0 Å². The summed E-state index contributed by atoms with van der Waals surface area (Å²) in [6.07, 6.45) is -0.610. The first-order valence-corrected chi connectivity index (χ1v) is 9.34. The lowest BCUT2D eigenvalue weighted by Crippen LogP contribution is -2.51. The topological polar surface area (TPSA) is 61.8 Å². The fourth-order valence-electron chi connectivity index (χ4n) is 2.27. The number of alkyl halides is 1. The van der Waals surface area contributed by atoms with Crippen LogP contribution < -0.4 is 0 Å². The van der Waals surface area contributed by atoms with E-state index in [4.69, 9.17) is 14.2 Å². The first-order chi connectivity index (χ1) is 10.7. The maximum absolute atomic E-state index is 12.2. The van der Waals surface area contributed by atoms with Gasteiger partial charge in [0.1, 0.15) is 17.7 Å². The summed E-state index contributed by atoms with van der Waals surface area (Å²) in [7, 11) is 0. The van der Waals surface area contributed by atoms with Crippen molar-refractivity contribution in [2.24, 2.45) is 22.7 Å². The van der Waals surface area contributed by atoms with E-state index in [0.29, 0.717) is 0 Å². The molecule has 1 heterocycles. The summed E-state index contributed by atoms with van der Waals surface area (Å²) in [4.78, 5) is 24.1. The number of carbonyl (C=O) groups is 2. The first kappa shape index (κ1) is 21.4. The van der Waals surface area contributed by atoms with Crippen molar-refractivity contribution < 1.29 is 23.8 Å². The fraction of sp³-hybridized carbons (Fsp3) is 0.889. The number of ether oxygens (including phenoxy) is 3. The molecular formula is C18H31BrO5. The Labute approximate surface area is 153 Å². The van der Waals surface area contributed by atoms with E-state index in [9.17, 15) is 9.59 Å². The number of hydrogen-bond acceptors (Lipinski definition) is 5. The molecule has 1 aliphatic heterocycles. The summed E-state index contributed by atoms with van der Waals surface area (Å²) in [6, 6.07) is 0. The molecule has 0 N–H and O–H groups in total. The van der Waals surface area contributed by atoms with E-state index >= 15 is 0 Å². The monoisotopic (exact) mass is 406 g/mol. The molecule has 1 aliphatic rings. The van der Waals surface area contributed by atoms with E-state index in [0.717, 1.165) is 0 Å². The summed E-state index contributed by atoms with van der Waals surface area (Å²) in [6.45, 7) is 15.2. The second-order valence-corrected chi connectivity index (χ2v) is 9.61. The molecule has 0 aromatic carbocycles. The van der Waals surface area contributed by atoms with Crippen LogP contribution in [0, 0.1) is 22.7 Å². The Morgan fingerprint density at radius 3 is 1.92 bits per heavy atom. The highest BCUT2D eigenvalue weighted by Gasteiger charge is 2.44. The number of esters is 2. The van der Waals surface area contributed by atoms with Crippen LogP contribution in [0.5, 0.6) is 0 Å². The van der Waals surface area contributed by atoms with Gasteiger partial charge >= 0.3 is 11.9 Å². The van der Waals surface area contributed by atoms with Gasteiger partial charge in [0, 0.05) is 5.92 Å². The lowest BCUT2D eigenvalue weighted by atomic mass is 9.84. The van der Waals surface area contributed by atoms with Gasteiger partial charge in [0.15, 0.2) is 0 Å². The van der Waals surface area contributed by atoms with Crippen molar-refractivity contribution in [2.75, 3.05) is 6.61 Å². The quantitative estimate of drug-likeness (QED) is 0.524. The standard InChI is InChI=1S/C18H31BrO5/c1-10-11(2)13(24-16(21)18(6,7)8)14(19)23-12(10)9-22-15(20)17(3,4)5/h10-14H,9H2,1-8H3/t10-,11-,12+,13-,14-/m0/s1. The fourth-order valence-corrected chi connectivity index (χ4v) is 3.14. The van der Waals surface area contributed by atoms with Crippen LogP contribution in [0.25, 0.3) is 0 Å². The van der Waals surface area contributed by atoms with Crippen LogP contribution >= 0.6 is 15.9 Å². The third-order valence-electron chi connectivity index (χ3n) is 4.34. The van der Waals surface area contributed by atoms with Crippen molar-refractivity contribution in [3.63, 3.8) is 0 Å². The van der Waals surface area contributed by atoms with Crippen molar-refractivity contribution in [3.8, 4) is 0 Å². The third-order valence-corrected chi connectivity index (χ3v) is 5.08. The summed E-state index contributed by atoms with van der Waals surface area (Å²) < 4.78 is 17.0. The number of rotatable bonds is 3. The van der Waals surface area contributed by atoms with Crippen LogP contribution in [0.1, 0.15) is 55.4 Å². The summed E-state index contributed by atoms with van der Waals surface area (Å²) >= 11 is 3.46. The molecule has 6 heteroatoms. The predicted molar refractivity (Wildman–Crippen MR) is 95.7 cm³/mol. The summed E-state index contributed by atoms with van der Waals surface area (Å²) in [5.41, 5.74) is -1.10. The van der Waals surface area contributed by atoms with Crippen molar-refractivity contribution >= 4 is 27.9 Å². The Morgan fingerprint density at radius 1 is 0.958 bits per heavy atom. The molecule has 1 rings (SSSR count). The summed E-state index contributed by atoms with van der Waals surface area (Å²) in [5.74, 6) is -0.340. The van der Waals surface area contributed by atoms with Gasteiger partial charge in [-0.25, -0.2) is 0 Å². The predicted octanol–water partition coefficient (Wildman–Crippen LogP) is 3.93. The molecule has 0 aliphatic carbocycles. The molecular weight excluding hydrogens is 376 g/mol. The van der Waals surface area contributed by atoms with Crippen LogP contribution in [0.3, 0.4) is 0 Å². The third kappa shape index (κ3) is 5.45. The van der Waals surface area contributed by atoms with E-state index in [-0.39, 0.29) is 42.6 Å². The minimum Gasteiger partial charge on any atom is -0.463 e. The van der Waals surface area contributed by atoms with Gasteiger partial charge in [0.05, 0.1) is 16.9 Å². The molecule has 1 fully saturated rings. The van der Waals surface area contributed by atoms with Gasteiger partial charge in [-0.2, -0.15) is 0 Å². The largest absolute Gasteiger partial charge is 0.463 e. The van der Waals surface area contributed by atoms with E-state index in [1.807, 2.05) is 55.4 Å². The Bertz CT molecular complexity index is 461. The Kier molecular flexibility index (Phi) is 6.90. The van der Waals surface area contributed by atoms with Gasteiger partial charge in [-0.05, 0) is 47.5 Å². The molecule has 1 saturated heterocycles. The minimum atomic E-state index is -0.561. The van der Waals surface area contributed by atoms with Crippen molar-refractivity contribution in [1.82, 2.24) is 0 Å². The number of halogens is 1. The van der Waals surface area contributed by atoms with E-state index in [1.54, 1.807) is 0 Å². The SMILES string of the molecule is C[C@H]1[C@H](C)[C@@H](COC(=O)C(C)(C)C)O[C@H](Br)[C@H]1OC(=O)C(C)(C)C. The van der Waals surface area contributed by atoms with Gasteiger partial charge in [0.25, 0.3) is 0 Å². The zero-order valence-corrected chi connectivity index (χ0v) is 17.6.